The third-order valence-corrected chi connectivity index (χ3v) is 3.60. The molecule has 1 aromatic rings. The Morgan fingerprint density at radius 1 is 1.50 bits per heavy atom. The number of nitrogens with one attached hydrogen (secondary N) is 1. The van der Waals surface area contributed by atoms with E-state index in [2.05, 4.69) is 34.0 Å². The predicted molar refractivity (Wildman–Crippen MR) is 86.1 cm³/mol. The Morgan fingerprint density at radius 2 is 2.25 bits per heavy atom. The van der Waals surface area contributed by atoms with Crippen molar-refractivity contribution in [3.05, 3.63) is 27.3 Å². The number of fused-ring (bicyclic) bond motifs is 1. The fourth-order valence-electron chi connectivity index (χ4n) is 2.07. The Kier molecular flexibility index (Phi) is 4.78. The molecule has 0 spiro atoms. The number of halogens is 1. The molecule has 1 unspecified atom stereocenters. The number of carbonyl (C=O) groups is 1. The van der Waals surface area contributed by atoms with Gasteiger partial charge in [-0.1, -0.05) is 0 Å². The number of alkyl carbamates (subject to hydrolysis) is 1. The first-order valence-corrected chi connectivity index (χ1v) is 7.83. The van der Waals surface area contributed by atoms with Gasteiger partial charge in [-0.05, 0) is 80.0 Å². The molecular formula is C15H20INO3. The lowest BCUT2D eigenvalue weighted by Crippen LogP contribution is -2.40. The lowest BCUT2D eigenvalue weighted by Gasteiger charge is -2.27. The standard InChI is InChI=1S/C15H20INO3/c1-15(2,3)20-14(18)17-9-12-6-4-10-8-11(16)5-7-13(10)19-12/h5,7-8,12H,4,6,9H2,1-3H3,(H,17,18). The van der Waals surface area contributed by atoms with Crippen LogP contribution in [0.5, 0.6) is 5.75 Å². The van der Waals surface area contributed by atoms with Gasteiger partial charge in [0.1, 0.15) is 17.5 Å². The van der Waals surface area contributed by atoms with Gasteiger partial charge in [0, 0.05) is 3.57 Å². The molecule has 1 N–H and O–H groups in total. The quantitative estimate of drug-likeness (QED) is 0.788. The van der Waals surface area contributed by atoms with Gasteiger partial charge in [-0.2, -0.15) is 0 Å². The highest BCUT2D eigenvalue weighted by molar-refractivity contribution is 14.1. The third-order valence-electron chi connectivity index (χ3n) is 2.92. The van der Waals surface area contributed by atoms with E-state index in [0.717, 1.165) is 18.6 Å². The van der Waals surface area contributed by atoms with Crippen molar-refractivity contribution in [3.63, 3.8) is 0 Å². The second-order valence-electron chi connectivity index (χ2n) is 5.91. The van der Waals surface area contributed by atoms with E-state index in [1.54, 1.807) is 0 Å². The largest absolute Gasteiger partial charge is 0.488 e. The van der Waals surface area contributed by atoms with Gasteiger partial charge < -0.3 is 14.8 Å². The van der Waals surface area contributed by atoms with Crippen LogP contribution in [0.1, 0.15) is 32.8 Å². The van der Waals surface area contributed by atoms with Gasteiger partial charge in [0.15, 0.2) is 0 Å². The molecule has 20 heavy (non-hydrogen) atoms. The number of amides is 1. The summed E-state index contributed by atoms with van der Waals surface area (Å²) in [4.78, 5) is 11.6. The van der Waals surface area contributed by atoms with Crippen molar-refractivity contribution >= 4 is 28.7 Å². The highest BCUT2D eigenvalue weighted by atomic mass is 127. The van der Waals surface area contributed by atoms with Gasteiger partial charge in [-0.25, -0.2) is 4.79 Å². The minimum absolute atomic E-state index is 0.00933. The van der Waals surface area contributed by atoms with Gasteiger partial charge in [0.2, 0.25) is 0 Å². The van der Waals surface area contributed by atoms with Crippen molar-refractivity contribution in [2.75, 3.05) is 6.54 Å². The van der Waals surface area contributed by atoms with Crippen molar-refractivity contribution in [1.82, 2.24) is 5.32 Å². The summed E-state index contributed by atoms with van der Waals surface area (Å²) in [6, 6.07) is 6.17. The van der Waals surface area contributed by atoms with E-state index in [1.807, 2.05) is 32.9 Å². The Labute approximate surface area is 133 Å². The summed E-state index contributed by atoms with van der Waals surface area (Å²) in [7, 11) is 0. The topological polar surface area (TPSA) is 47.6 Å². The van der Waals surface area contributed by atoms with Crippen LogP contribution in [0.3, 0.4) is 0 Å². The van der Waals surface area contributed by atoms with E-state index in [9.17, 15) is 4.79 Å². The Hall–Kier alpha value is -0.980. The highest BCUT2D eigenvalue weighted by Gasteiger charge is 2.22. The van der Waals surface area contributed by atoms with E-state index < -0.39 is 11.7 Å². The minimum Gasteiger partial charge on any atom is -0.488 e. The molecule has 4 nitrogen and oxygen atoms in total. The van der Waals surface area contributed by atoms with Crippen LogP contribution in [0.4, 0.5) is 4.79 Å². The number of rotatable bonds is 2. The predicted octanol–water partition coefficient (Wildman–Crippen LogP) is 3.51. The monoisotopic (exact) mass is 389 g/mol. The van der Waals surface area contributed by atoms with Gasteiger partial charge in [0.05, 0.1) is 6.54 Å². The zero-order valence-corrected chi connectivity index (χ0v) is 14.2. The van der Waals surface area contributed by atoms with Crippen LogP contribution in [0.25, 0.3) is 0 Å². The number of hydrogen-bond acceptors (Lipinski definition) is 3. The molecule has 2 rings (SSSR count). The summed E-state index contributed by atoms with van der Waals surface area (Å²) in [5.74, 6) is 0.924. The van der Waals surface area contributed by atoms with Crippen LogP contribution in [0.15, 0.2) is 18.2 Å². The molecule has 0 bridgehead atoms. The number of hydrogen-bond donors (Lipinski definition) is 1. The first-order valence-electron chi connectivity index (χ1n) is 6.75. The van der Waals surface area contributed by atoms with E-state index in [0.29, 0.717) is 6.54 Å². The summed E-state index contributed by atoms with van der Waals surface area (Å²) >= 11 is 2.30. The summed E-state index contributed by atoms with van der Waals surface area (Å²) < 4.78 is 12.3. The normalized spacial score (nSPS) is 17.9. The first kappa shape index (κ1) is 15.4. The van der Waals surface area contributed by atoms with Crippen molar-refractivity contribution in [2.24, 2.45) is 0 Å². The van der Waals surface area contributed by atoms with E-state index in [1.165, 1.54) is 9.13 Å². The average Bonchev–Trinajstić information content (AvgIpc) is 2.34. The van der Waals surface area contributed by atoms with Gasteiger partial charge in [0.25, 0.3) is 0 Å². The molecule has 1 aliphatic heterocycles. The zero-order chi connectivity index (χ0) is 14.8. The number of carbonyl (C=O) groups excluding carboxylic acids is 1. The molecule has 1 heterocycles. The summed E-state index contributed by atoms with van der Waals surface area (Å²) in [5.41, 5.74) is 0.770. The SMILES string of the molecule is CC(C)(C)OC(=O)NCC1CCc2cc(I)ccc2O1. The lowest BCUT2D eigenvalue weighted by molar-refractivity contribution is 0.0494. The molecule has 0 aliphatic carbocycles. The molecule has 0 radical (unpaired) electrons. The third kappa shape index (κ3) is 4.54. The number of benzene rings is 1. The maximum atomic E-state index is 11.6. The molecule has 1 amide bonds. The molecule has 0 saturated heterocycles. The van der Waals surface area contributed by atoms with Crippen LogP contribution in [0.2, 0.25) is 0 Å². The van der Waals surface area contributed by atoms with Crippen LogP contribution < -0.4 is 10.1 Å². The van der Waals surface area contributed by atoms with Crippen molar-refractivity contribution in [1.29, 1.82) is 0 Å². The summed E-state index contributed by atoms with van der Waals surface area (Å²) in [5, 5.41) is 2.76. The molecule has 1 atom stereocenters. The van der Waals surface area contributed by atoms with E-state index in [-0.39, 0.29) is 6.10 Å². The van der Waals surface area contributed by atoms with Crippen molar-refractivity contribution in [2.45, 2.75) is 45.3 Å². The zero-order valence-electron chi connectivity index (χ0n) is 12.0. The Bertz CT molecular complexity index is 496. The first-order chi connectivity index (χ1) is 9.33. The smallest absolute Gasteiger partial charge is 0.407 e. The fourth-order valence-corrected chi connectivity index (χ4v) is 2.62. The molecule has 0 saturated carbocycles. The van der Waals surface area contributed by atoms with Crippen LogP contribution in [0, 0.1) is 3.57 Å². The van der Waals surface area contributed by atoms with Gasteiger partial charge in [-0.15, -0.1) is 0 Å². The van der Waals surface area contributed by atoms with Gasteiger partial charge in [-0.3, -0.25) is 0 Å². The number of aryl methyl sites for hydroxylation is 1. The molecule has 1 aromatic carbocycles. The van der Waals surface area contributed by atoms with E-state index >= 15 is 0 Å². The molecule has 1 aliphatic rings. The van der Waals surface area contributed by atoms with Crippen LogP contribution in [-0.2, 0) is 11.2 Å². The molecule has 5 heteroatoms. The fraction of sp³-hybridized carbons (Fsp3) is 0.533. The summed E-state index contributed by atoms with van der Waals surface area (Å²) in [6.07, 6.45) is 1.50. The average molecular weight is 389 g/mol. The highest BCUT2D eigenvalue weighted by Crippen LogP contribution is 2.28. The lowest BCUT2D eigenvalue weighted by atomic mass is 10.0. The minimum atomic E-state index is -0.471. The maximum Gasteiger partial charge on any atom is 0.407 e. The number of ether oxygens (including phenoxy) is 2. The Balaban J connectivity index is 1.85. The van der Waals surface area contributed by atoms with Crippen LogP contribution >= 0.6 is 22.6 Å². The molecule has 0 aromatic heterocycles. The van der Waals surface area contributed by atoms with Gasteiger partial charge >= 0.3 is 6.09 Å². The molecular weight excluding hydrogens is 369 g/mol. The molecule has 0 fully saturated rings. The summed E-state index contributed by atoms with van der Waals surface area (Å²) in [6.45, 7) is 6.02. The van der Waals surface area contributed by atoms with Crippen molar-refractivity contribution in [3.8, 4) is 5.75 Å². The second-order valence-corrected chi connectivity index (χ2v) is 7.16. The van der Waals surface area contributed by atoms with Crippen molar-refractivity contribution < 1.29 is 14.3 Å². The Morgan fingerprint density at radius 3 is 2.95 bits per heavy atom. The van der Waals surface area contributed by atoms with Crippen LogP contribution in [-0.4, -0.2) is 24.3 Å². The second kappa shape index (κ2) is 6.20. The maximum absolute atomic E-state index is 11.6. The van der Waals surface area contributed by atoms with E-state index in [4.69, 9.17) is 9.47 Å². The molecule has 110 valence electrons.